The molecule has 1 aliphatic rings. The minimum Gasteiger partial charge on any atom is -0.314 e. The van der Waals surface area contributed by atoms with E-state index in [2.05, 4.69) is 5.32 Å². The van der Waals surface area contributed by atoms with Crippen LogP contribution in [0.5, 0.6) is 0 Å². The first-order chi connectivity index (χ1) is 10.7. The van der Waals surface area contributed by atoms with Crippen molar-refractivity contribution < 1.29 is 21.6 Å². The normalized spacial score (nSPS) is 18.8. The summed E-state index contributed by atoms with van der Waals surface area (Å²) in [5, 5.41) is 3.18. The summed E-state index contributed by atoms with van der Waals surface area (Å²) in [6, 6.07) is 5.83. The molecule has 1 atom stereocenters. The number of nitrogens with zero attached hydrogens (tertiary/aromatic N) is 1. The zero-order chi connectivity index (χ0) is 17.1. The third-order valence-electron chi connectivity index (χ3n) is 3.99. The van der Waals surface area contributed by atoms with Gasteiger partial charge in [0.05, 0.1) is 4.90 Å². The molecular weight excluding hydrogens is 329 g/mol. The molecule has 1 aromatic rings. The molecular formula is C15H21F3N2O2S. The van der Waals surface area contributed by atoms with E-state index in [0.717, 1.165) is 24.9 Å². The first-order valence-corrected chi connectivity index (χ1v) is 9.37. The number of hydrogen-bond donors (Lipinski definition) is 1. The van der Waals surface area contributed by atoms with Gasteiger partial charge in [-0.15, -0.1) is 0 Å². The van der Waals surface area contributed by atoms with Gasteiger partial charge in [0, 0.05) is 44.9 Å². The summed E-state index contributed by atoms with van der Waals surface area (Å²) in [4.78, 5) is 2.20. The minimum atomic E-state index is -4.20. The number of sulfone groups is 1. The molecule has 0 unspecified atom stereocenters. The number of hydrogen-bond acceptors (Lipinski definition) is 4. The molecule has 0 bridgehead atoms. The van der Waals surface area contributed by atoms with Crippen molar-refractivity contribution in [1.29, 1.82) is 0 Å². The molecule has 23 heavy (non-hydrogen) atoms. The van der Waals surface area contributed by atoms with E-state index in [4.69, 9.17) is 0 Å². The van der Waals surface area contributed by atoms with Crippen LogP contribution < -0.4 is 5.32 Å². The Labute approximate surface area is 134 Å². The zero-order valence-corrected chi connectivity index (χ0v) is 13.8. The molecule has 1 aromatic carbocycles. The number of piperazine rings is 1. The Morgan fingerprint density at radius 2 is 1.74 bits per heavy atom. The van der Waals surface area contributed by atoms with Crippen molar-refractivity contribution in [2.75, 3.05) is 32.4 Å². The quantitative estimate of drug-likeness (QED) is 0.886. The van der Waals surface area contributed by atoms with Crippen LogP contribution in [-0.2, 0) is 9.84 Å². The zero-order valence-electron chi connectivity index (χ0n) is 12.9. The Bertz CT molecular complexity index is 609. The lowest BCUT2D eigenvalue weighted by Crippen LogP contribution is -2.45. The van der Waals surface area contributed by atoms with Crippen LogP contribution in [0.25, 0.3) is 0 Å². The lowest BCUT2D eigenvalue weighted by Gasteiger charge is -2.35. The van der Waals surface area contributed by atoms with Gasteiger partial charge in [-0.05, 0) is 24.1 Å². The summed E-state index contributed by atoms with van der Waals surface area (Å²) in [7, 11) is -3.31. The third-order valence-corrected chi connectivity index (χ3v) is 5.12. The molecule has 0 aromatic heterocycles. The Hall–Kier alpha value is -1.12. The van der Waals surface area contributed by atoms with Crippen LogP contribution in [0.4, 0.5) is 13.2 Å². The van der Waals surface area contributed by atoms with Gasteiger partial charge in [0.2, 0.25) is 0 Å². The summed E-state index contributed by atoms with van der Waals surface area (Å²) < 4.78 is 60.8. The number of rotatable bonds is 5. The van der Waals surface area contributed by atoms with E-state index in [0.29, 0.717) is 13.1 Å². The highest BCUT2D eigenvalue weighted by Gasteiger charge is 2.31. The fourth-order valence-corrected chi connectivity index (χ4v) is 3.42. The third kappa shape index (κ3) is 5.47. The number of benzene rings is 1. The molecule has 8 heteroatoms. The van der Waals surface area contributed by atoms with E-state index in [1.807, 2.05) is 4.90 Å². The number of alkyl halides is 3. The van der Waals surface area contributed by atoms with Crippen LogP contribution in [0, 0.1) is 0 Å². The van der Waals surface area contributed by atoms with Crippen molar-refractivity contribution in [3.05, 3.63) is 29.8 Å². The smallest absolute Gasteiger partial charge is 0.314 e. The second-order valence-corrected chi connectivity index (χ2v) is 7.81. The molecule has 0 saturated carbocycles. The largest absolute Gasteiger partial charge is 0.389 e. The highest BCUT2D eigenvalue weighted by Crippen LogP contribution is 2.32. The van der Waals surface area contributed by atoms with Crippen LogP contribution in [0.1, 0.15) is 24.4 Å². The Kier molecular flexibility index (Phi) is 5.70. The Balaban J connectivity index is 2.21. The van der Waals surface area contributed by atoms with Crippen molar-refractivity contribution in [1.82, 2.24) is 10.2 Å². The highest BCUT2D eigenvalue weighted by molar-refractivity contribution is 7.90. The maximum Gasteiger partial charge on any atom is 0.389 e. The van der Waals surface area contributed by atoms with E-state index in [-0.39, 0.29) is 17.4 Å². The van der Waals surface area contributed by atoms with Gasteiger partial charge in [0.15, 0.2) is 9.84 Å². The molecule has 1 fully saturated rings. The maximum absolute atomic E-state index is 12.6. The van der Waals surface area contributed by atoms with E-state index >= 15 is 0 Å². The topological polar surface area (TPSA) is 49.4 Å². The van der Waals surface area contributed by atoms with E-state index in [1.54, 1.807) is 12.1 Å². The summed E-state index contributed by atoms with van der Waals surface area (Å²) in [5.74, 6) is 0. The second kappa shape index (κ2) is 7.19. The SMILES string of the molecule is CS(=O)(=O)c1ccc([C@H](CCC(F)(F)F)N2CCNCC2)cc1. The van der Waals surface area contributed by atoms with E-state index in [1.165, 1.54) is 12.1 Å². The molecule has 0 spiro atoms. The van der Waals surface area contributed by atoms with Gasteiger partial charge < -0.3 is 5.32 Å². The van der Waals surface area contributed by atoms with Crippen molar-refractivity contribution in [2.45, 2.75) is 30.0 Å². The van der Waals surface area contributed by atoms with Gasteiger partial charge in [-0.25, -0.2) is 8.42 Å². The standard InChI is InChI=1S/C15H21F3N2O2S/c1-23(21,22)13-4-2-12(3-5-13)14(6-7-15(16,17)18)20-10-8-19-9-11-20/h2-5,14,19H,6-11H2,1H3/t14-/m0/s1. The molecule has 2 rings (SSSR count). The van der Waals surface area contributed by atoms with Gasteiger partial charge in [0.1, 0.15) is 0 Å². The average molecular weight is 350 g/mol. The van der Waals surface area contributed by atoms with Crippen LogP contribution in [0.3, 0.4) is 0 Å². The van der Waals surface area contributed by atoms with Crippen molar-refractivity contribution in [2.24, 2.45) is 0 Å². The van der Waals surface area contributed by atoms with Crippen molar-refractivity contribution in [3.8, 4) is 0 Å². The molecule has 130 valence electrons. The molecule has 0 amide bonds. The van der Waals surface area contributed by atoms with Crippen molar-refractivity contribution >= 4 is 9.84 Å². The Morgan fingerprint density at radius 1 is 1.17 bits per heavy atom. The van der Waals surface area contributed by atoms with Crippen LogP contribution in [0.2, 0.25) is 0 Å². The lowest BCUT2D eigenvalue weighted by molar-refractivity contribution is -0.138. The molecule has 4 nitrogen and oxygen atoms in total. The van der Waals surface area contributed by atoms with Gasteiger partial charge in [-0.2, -0.15) is 13.2 Å². The molecule has 1 N–H and O–H groups in total. The molecule has 0 radical (unpaired) electrons. The fraction of sp³-hybridized carbons (Fsp3) is 0.600. The summed E-state index contributed by atoms with van der Waals surface area (Å²) >= 11 is 0. The minimum absolute atomic E-state index is 0.0261. The van der Waals surface area contributed by atoms with Gasteiger partial charge >= 0.3 is 6.18 Å². The Morgan fingerprint density at radius 3 is 2.22 bits per heavy atom. The molecule has 1 saturated heterocycles. The highest BCUT2D eigenvalue weighted by atomic mass is 32.2. The van der Waals surface area contributed by atoms with Gasteiger partial charge in [-0.1, -0.05) is 12.1 Å². The van der Waals surface area contributed by atoms with Crippen LogP contribution in [0.15, 0.2) is 29.2 Å². The van der Waals surface area contributed by atoms with E-state index in [9.17, 15) is 21.6 Å². The molecule has 1 aliphatic heterocycles. The summed E-state index contributed by atoms with van der Waals surface area (Å²) in [6.45, 7) is 2.83. The lowest BCUT2D eigenvalue weighted by atomic mass is 9.99. The first kappa shape index (κ1) is 18.2. The van der Waals surface area contributed by atoms with Gasteiger partial charge in [-0.3, -0.25) is 4.90 Å². The number of halogens is 3. The predicted molar refractivity (Wildman–Crippen MR) is 82.0 cm³/mol. The summed E-state index contributed by atoms with van der Waals surface area (Å²) in [6.07, 6.45) is -3.96. The molecule has 1 heterocycles. The second-order valence-electron chi connectivity index (χ2n) is 5.80. The van der Waals surface area contributed by atoms with Crippen molar-refractivity contribution in [3.63, 3.8) is 0 Å². The summed E-state index contributed by atoms with van der Waals surface area (Å²) in [5.41, 5.74) is 0.726. The monoisotopic (exact) mass is 350 g/mol. The predicted octanol–water partition coefficient (Wildman–Crippen LogP) is 2.38. The maximum atomic E-state index is 12.6. The van der Waals surface area contributed by atoms with Crippen LogP contribution >= 0.6 is 0 Å². The van der Waals surface area contributed by atoms with Gasteiger partial charge in [0.25, 0.3) is 0 Å². The first-order valence-electron chi connectivity index (χ1n) is 7.48. The fourth-order valence-electron chi connectivity index (χ4n) is 2.79. The average Bonchev–Trinajstić information content (AvgIpc) is 2.47. The number of nitrogens with one attached hydrogen (secondary N) is 1. The molecule has 0 aliphatic carbocycles. The van der Waals surface area contributed by atoms with E-state index < -0.39 is 22.4 Å². The van der Waals surface area contributed by atoms with Crippen LogP contribution in [-0.4, -0.2) is 51.9 Å².